The van der Waals surface area contributed by atoms with Crippen molar-refractivity contribution in [2.24, 2.45) is 17.8 Å². The summed E-state index contributed by atoms with van der Waals surface area (Å²) >= 11 is 0. The average Bonchev–Trinajstić information content (AvgIpc) is 3.07. The zero-order chi connectivity index (χ0) is 13.7. The molecule has 2 amide bonds. The van der Waals surface area contributed by atoms with Crippen LogP contribution in [0.1, 0.15) is 33.6 Å². The Labute approximate surface area is 109 Å². The van der Waals surface area contributed by atoms with Gasteiger partial charge in [0.1, 0.15) is 6.54 Å². The predicted octanol–water partition coefficient (Wildman–Crippen LogP) is 1.78. The fraction of sp³-hybridized carbons (Fsp3) is 0.846. The van der Waals surface area contributed by atoms with Crippen molar-refractivity contribution < 1.29 is 14.7 Å². The number of urea groups is 1. The lowest BCUT2D eigenvalue weighted by Gasteiger charge is -2.23. The second-order valence-corrected chi connectivity index (χ2v) is 5.62. The number of carboxylic acids is 1. The Morgan fingerprint density at radius 3 is 2.39 bits per heavy atom. The van der Waals surface area contributed by atoms with Gasteiger partial charge >= 0.3 is 12.0 Å². The van der Waals surface area contributed by atoms with Crippen LogP contribution in [0, 0.1) is 17.8 Å². The zero-order valence-electron chi connectivity index (χ0n) is 11.5. The maximum absolute atomic E-state index is 11.9. The molecule has 1 rings (SSSR count). The Morgan fingerprint density at radius 1 is 1.33 bits per heavy atom. The van der Waals surface area contributed by atoms with Gasteiger partial charge in [0.2, 0.25) is 0 Å². The van der Waals surface area contributed by atoms with Crippen LogP contribution < -0.4 is 5.32 Å². The molecule has 0 aromatic heterocycles. The van der Waals surface area contributed by atoms with E-state index < -0.39 is 5.97 Å². The van der Waals surface area contributed by atoms with Crippen LogP contribution in [0.5, 0.6) is 0 Å². The summed E-state index contributed by atoms with van der Waals surface area (Å²) in [5.74, 6) is 0.434. The Balaban J connectivity index is 2.39. The van der Waals surface area contributed by atoms with Gasteiger partial charge in [-0.3, -0.25) is 4.79 Å². The van der Waals surface area contributed by atoms with Crippen molar-refractivity contribution in [1.82, 2.24) is 10.2 Å². The number of aliphatic carboxylic acids is 1. The smallest absolute Gasteiger partial charge is 0.323 e. The number of nitrogens with one attached hydrogen (secondary N) is 1. The summed E-state index contributed by atoms with van der Waals surface area (Å²) in [5, 5.41) is 11.6. The summed E-state index contributed by atoms with van der Waals surface area (Å²) < 4.78 is 0. The highest BCUT2D eigenvalue weighted by Gasteiger charge is 2.28. The van der Waals surface area contributed by atoms with Crippen LogP contribution >= 0.6 is 0 Å². The molecule has 1 atom stereocenters. The van der Waals surface area contributed by atoms with Gasteiger partial charge in [-0.1, -0.05) is 20.8 Å². The molecule has 0 saturated heterocycles. The van der Waals surface area contributed by atoms with E-state index in [1.165, 1.54) is 4.90 Å². The molecule has 0 radical (unpaired) electrons. The van der Waals surface area contributed by atoms with E-state index in [1.54, 1.807) is 0 Å². The maximum atomic E-state index is 11.9. The Hall–Kier alpha value is -1.26. The number of hydrogen-bond acceptors (Lipinski definition) is 2. The molecule has 18 heavy (non-hydrogen) atoms. The molecule has 0 aliphatic heterocycles. The fourth-order valence-electron chi connectivity index (χ4n) is 1.59. The fourth-order valence-corrected chi connectivity index (χ4v) is 1.59. The Kier molecular flexibility index (Phi) is 5.44. The lowest BCUT2D eigenvalue weighted by molar-refractivity contribution is -0.137. The Bertz CT molecular complexity index is 301. The van der Waals surface area contributed by atoms with Gasteiger partial charge in [0, 0.05) is 13.1 Å². The molecule has 0 bridgehead atoms. The van der Waals surface area contributed by atoms with Gasteiger partial charge in [0.25, 0.3) is 0 Å². The molecule has 5 heteroatoms. The highest BCUT2D eigenvalue weighted by molar-refractivity contribution is 5.80. The van der Waals surface area contributed by atoms with Gasteiger partial charge in [0.05, 0.1) is 0 Å². The summed E-state index contributed by atoms with van der Waals surface area (Å²) in [4.78, 5) is 24.1. The van der Waals surface area contributed by atoms with Crippen LogP contribution in [-0.2, 0) is 4.79 Å². The molecule has 1 unspecified atom stereocenters. The zero-order valence-corrected chi connectivity index (χ0v) is 11.5. The van der Waals surface area contributed by atoms with Crippen LogP contribution in [0.25, 0.3) is 0 Å². The van der Waals surface area contributed by atoms with Gasteiger partial charge in [-0.05, 0) is 30.6 Å². The predicted molar refractivity (Wildman–Crippen MR) is 69.3 cm³/mol. The lowest BCUT2D eigenvalue weighted by atomic mass is 9.98. The number of carbonyl (C=O) groups excluding carboxylic acids is 1. The highest BCUT2D eigenvalue weighted by atomic mass is 16.4. The summed E-state index contributed by atoms with van der Waals surface area (Å²) in [6.45, 7) is 7.24. The van der Waals surface area contributed by atoms with Crippen LogP contribution in [0.3, 0.4) is 0 Å². The lowest BCUT2D eigenvalue weighted by Crippen LogP contribution is -2.45. The molecule has 2 N–H and O–H groups in total. The SMILES string of the molecule is CC(C)C(C)CNC(=O)N(CC(=O)O)CC1CC1. The van der Waals surface area contributed by atoms with Gasteiger partial charge in [-0.15, -0.1) is 0 Å². The first-order valence-corrected chi connectivity index (χ1v) is 6.64. The van der Waals surface area contributed by atoms with Gasteiger partial charge in [0.15, 0.2) is 0 Å². The van der Waals surface area contributed by atoms with E-state index in [2.05, 4.69) is 26.1 Å². The number of nitrogens with zero attached hydrogens (tertiary/aromatic N) is 1. The van der Waals surface area contributed by atoms with E-state index in [1.807, 2.05) is 0 Å². The first-order chi connectivity index (χ1) is 8.40. The van der Waals surface area contributed by atoms with E-state index in [0.717, 1.165) is 12.8 Å². The number of carbonyl (C=O) groups is 2. The topological polar surface area (TPSA) is 69.6 Å². The molecular weight excluding hydrogens is 232 g/mol. The molecular formula is C13H24N2O3. The molecule has 0 aromatic carbocycles. The van der Waals surface area contributed by atoms with Crippen LogP contribution in [-0.4, -0.2) is 41.6 Å². The number of carboxylic acid groups (broad SMARTS) is 1. The molecule has 104 valence electrons. The molecule has 1 saturated carbocycles. The summed E-state index contributed by atoms with van der Waals surface area (Å²) in [6, 6.07) is -0.253. The van der Waals surface area contributed by atoms with E-state index >= 15 is 0 Å². The second-order valence-electron chi connectivity index (χ2n) is 5.62. The maximum Gasteiger partial charge on any atom is 0.323 e. The van der Waals surface area contributed by atoms with Crippen molar-refractivity contribution in [3.05, 3.63) is 0 Å². The summed E-state index contributed by atoms with van der Waals surface area (Å²) in [6.07, 6.45) is 2.21. The minimum absolute atomic E-state index is 0.210. The van der Waals surface area contributed by atoms with Gasteiger partial charge < -0.3 is 15.3 Å². The number of amides is 2. The normalized spacial score (nSPS) is 16.4. The van der Waals surface area contributed by atoms with Crippen LogP contribution in [0.2, 0.25) is 0 Å². The monoisotopic (exact) mass is 256 g/mol. The average molecular weight is 256 g/mol. The standard InChI is InChI=1S/C13H24N2O3/c1-9(2)10(3)6-14-13(18)15(8-12(16)17)7-11-4-5-11/h9-11H,4-8H2,1-3H3,(H,14,18)(H,16,17). The molecule has 0 heterocycles. The van der Waals surface area contributed by atoms with Crippen molar-refractivity contribution in [2.75, 3.05) is 19.6 Å². The number of rotatable bonds is 7. The minimum atomic E-state index is -0.956. The molecule has 5 nitrogen and oxygen atoms in total. The van der Waals surface area contributed by atoms with Gasteiger partial charge in [-0.2, -0.15) is 0 Å². The first kappa shape index (κ1) is 14.8. The molecule has 1 aliphatic carbocycles. The van der Waals surface area contributed by atoms with Gasteiger partial charge in [-0.25, -0.2) is 4.79 Å². The molecule has 1 aliphatic rings. The molecule has 1 fully saturated rings. The first-order valence-electron chi connectivity index (χ1n) is 6.64. The van der Waals surface area contributed by atoms with Crippen molar-refractivity contribution in [1.29, 1.82) is 0 Å². The van der Waals surface area contributed by atoms with E-state index in [9.17, 15) is 9.59 Å². The molecule has 0 aromatic rings. The quantitative estimate of drug-likeness (QED) is 0.729. The third kappa shape index (κ3) is 5.38. The summed E-state index contributed by atoms with van der Waals surface area (Å²) in [5.41, 5.74) is 0. The molecule has 0 spiro atoms. The third-order valence-corrected chi connectivity index (χ3v) is 3.50. The van der Waals surface area contributed by atoms with E-state index in [0.29, 0.717) is 30.8 Å². The number of hydrogen-bond donors (Lipinski definition) is 2. The van der Waals surface area contributed by atoms with E-state index in [4.69, 9.17) is 5.11 Å². The largest absolute Gasteiger partial charge is 0.480 e. The third-order valence-electron chi connectivity index (χ3n) is 3.50. The summed E-state index contributed by atoms with van der Waals surface area (Å²) in [7, 11) is 0. The second kappa shape index (κ2) is 6.61. The van der Waals surface area contributed by atoms with Crippen LogP contribution in [0.4, 0.5) is 4.79 Å². The van der Waals surface area contributed by atoms with Crippen molar-refractivity contribution in [3.8, 4) is 0 Å². The van der Waals surface area contributed by atoms with Crippen molar-refractivity contribution in [3.63, 3.8) is 0 Å². The Morgan fingerprint density at radius 2 is 1.94 bits per heavy atom. The minimum Gasteiger partial charge on any atom is -0.480 e. The van der Waals surface area contributed by atoms with E-state index in [-0.39, 0.29) is 12.6 Å². The van der Waals surface area contributed by atoms with Crippen molar-refractivity contribution >= 4 is 12.0 Å². The van der Waals surface area contributed by atoms with Crippen LogP contribution in [0.15, 0.2) is 0 Å². The van der Waals surface area contributed by atoms with Crippen molar-refractivity contribution in [2.45, 2.75) is 33.6 Å². The highest BCUT2D eigenvalue weighted by Crippen LogP contribution is 2.29.